The molecule has 15 heavy (non-hydrogen) atoms. The van der Waals surface area contributed by atoms with Crippen molar-refractivity contribution < 1.29 is 14.5 Å². The van der Waals surface area contributed by atoms with Crippen LogP contribution in [0.4, 0.5) is 11.4 Å². The zero-order valence-electron chi connectivity index (χ0n) is 8.31. The molecule has 1 rings (SSSR count). The van der Waals surface area contributed by atoms with Gasteiger partial charge in [-0.1, -0.05) is 0 Å². The van der Waals surface area contributed by atoms with Crippen LogP contribution in [0.1, 0.15) is 17.3 Å². The molecule has 1 aromatic carbocycles. The first kappa shape index (κ1) is 11.0. The summed E-state index contributed by atoms with van der Waals surface area (Å²) in [7, 11) is 1.27. The van der Waals surface area contributed by atoms with Crippen LogP contribution in [0.15, 0.2) is 12.1 Å². The Hall–Kier alpha value is -2.11. The average molecular weight is 210 g/mol. The van der Waals surface area contributed by atoms with Crippen molar-refractivity contribution in [3.8, 4) is 5.75 Å². The summed E-state index contributed by atoms with van der Waals surface area (Å²) in [6.45, 7) is 1.33. The second-order valence-corrected chi connectivity index (χ2v) is 2.89. The molecule has 6 heteroatoms. The van der Waals surface area contributed by atoms with Crippen LogP contribution in [0.25, 0.3) is 0 Å². The number of anilines is 1. The summed E-state index contributed by atoms with van der Waals surface area (Å²) < 4.78 is 4.81. The van der Waals surface area contributed by atoms with Crippen LogP contribution < -0.4 is 10.5 Å². The Labute approximate surface area is 85.8 Å². The molecular weight excluding hydrogens is 200 g/mol. The SMILES string of the molecule is COc1c([N+](=O)[O-])ccc(C(C)=O)c1N. The van der Waals surface area contributed by atoms with E-state index in [9.17, 15) is 14.9 Å². The van der Waals surface area contributed by atoms with E-state index in [1.807, 2.05) is 0 Å². The number of Topliss-reactive ketones (excluding diaryl/α,β-unsaturated/α-hetero) is 1. The first-order valence-electron chi connectivity index (χ1n) is 4.10. The van der Waals surface area contributed by atoms with Crippen LogP contribution in [0.2, 0.25) is 0 Å². The van der Waals surface area contributed by atoms with Gasteiger partial charge in [0.1, 0.15) is 0 Å². The minimum absolute atomic E-state index is 0.000741. The molecule has 0 spiro atoms. The molecule has 0 radical (unpaired) electrons. The summed E-state index contributed by atoms with van der Waals surface area (Å²) >= 11 is 0. The van der Waals surface area contributed by atoms with Gasteiger partial charge in [-0.15, -0.1) is 0 Å². The molecule has 0 atom stereocenters. The molecule has 0 aliphatic heterocycles. The number of nitrogens with zero attached hydrogens (tertiary/aromatic N) is 1. The van der Waals surface area contributed by atoms with Gasteiger partial charge in [0.15, 0.2) is 5.78 Å². The molecule has 0 aromatic heterocycles. The average Bonchev–Trinajstić information content (AvgIpc) is 2.16. The monoisotopic (exact) mass is 210 g/mol. The largest absolute Gasteiger partial charge is 0.489 e. The number of nitrogen functional groups attached to an aromatic ring is 1. The van der Waals surface area contributed by atoms with Gasteiger partial charge < -0.3 is 10.5 Å². The van der Waals surface area contributed by atoms with Crippen LogP contribution in [-0.4, -0.2) is 17.8 Å². The van der Waals surface area contributed by atoms with Gasteiger partial charge in [-0.2, -0.15) is 0 Å². The number of ether oxygens (including phenoxy) is 1. The fraction of sp³-hybridized carbons (Fsp3) is 0.222. The van der Waals surface area contributed by atoms with E-state index in [-0.39, 0.29) is 28.5 Å². The number of hydrogen-bond acceptors (Lipinski definition) is 5. The van der Waals surface area contributed by atoms with Crippen LogP contribution >= 0.6 is 0 Å². The highest BCUT2D eigenvalue weighted by Crippen LogP contribution is 2.35. The lowest BCUT2D eigenvalue weighted by atomic mass is 10.1. The van der Waals surface area contributed by atoms with Gasteiger partial charge in [0.05, 0.1) is 17.7 Å². The lowest BCUT2D eigenvalue weighted by Crippen LogP contribution is -2.04. The summed E-state index contributed by atoms with van der Waals surface area (Å²) in [6.07, 6.45) is 0. The molecule has 0 fully saturated rings. The fourth-order valence-electron chi connectivity index (χ4n) is 1.25. The first-order chi connectivity index (χ1) is 6.99. The van der Waals surface area contributed by atoms with E-state index in [0.29, 0.717) is 0 Å². The number of carbonyl (C=O) groups is 1. The van der Waals surface area contributed by atoms with Crippen molar-refractivity contribution in [3.05, 3.63) is 27.8 Å². The third-order valence-electron chi connectivity index (χ3n) is 1.96. The zero-order chi connectivity index (χ0) is 11.6. The maximum atomic E-state index is 11.1. The van der Waals surface area contributed by atoms with E-state index in [1.54, 1.807) is 0 Å². The third-order valence-corrected chi connectivity index (χ3v) is 1.96. The molecule has 1 aromatic rings. The van der Waals surface area contributed by atoms with Crippen molar-refractivity contribution in [1.82, 2.24) is 0 Å². The number of rotatable bonds is 3. The highest BCUT2D eigenvalue weighted by atomic mass is 16.6. The van der Waals surface area contributed by atoms with Crippen LogP contribution in [0.3, 0.4) is 0 Å². The highest BCUT2D eigenvalue weighted by molar-refractivity contribution is 6.01. The van der Waals surface area contributed by atoms with Gasteiger partial charge in [-0.25, -0.2) is 0 Å². The summed E-state index contributed by atoms with van der Waals surface area (Å²) in [4.78, 5) is 21.1. The van der Waals surface area contributed by atoms with Crippen molar-refractivity contribution in [2.75, 3.05) is 12.8 Å². The Morgan fingerprint density at radius 2 is 2.13 bits per heavy atom. The van der Waals surface area contributed by atoms with Crippen molar-refractivity contribution >= 4 is 17.2 Å². The van der Waals surface area contributed by atoms with Crippen LogP contribution in [-0.2, 0) is 0 Å². The molecule has 0 amide bonds. The molecule has 0 saturated carbocycles. The predicted octanol–water partition coefficient (Wildman–Crippen LogP) is 1.39. The number of nitrogens with two attached hydrogens (primary N) is 1. The fourth-order valence-corrected chi connectivity index (χ4v) is 1.25. The van der Waals surface area contributed by atoms with E-state index in [1.165, 1.54) is 26.2 Å². The van der Waals surface area contributed by atoms with Gasteiger partial charge in [0.2, 0.25) is 5.75 Å². The molecule has 2 N–H and O–H groups in total. The van der Waals surface area contributed by atoms with Crippen LogP contribution in [0, 0.1) is 10.1 Å². The number of nitro groups is 1. The van der Waals surface area contributed by atoms with E-state index < -0.39 is 4.92 Å². The Morgan fingerprint density at radius 3 is 2.53 bits per heavy atom. The molecule has 0 heterocycles. The third kappa shape index (κ3) is 1.88. The van der Waals surface area contributed by atoms with Gasteiger partial charge >= 0.3 is 5.69 Å². The molecule has 0 saturated heterocycles. The maximum Gasteiger partial charge on any atom is 0.313 e. The summed E-state index contributed by atoms with van der Waals surface area (Å²) in [5.41, 5.74) is 5.55. The van der Waals surface area contributed by atoms with Crippen molar-refractivity contribution in [3.63, 3.8) is 0 Å². The lowest BCUT2D eigenvalue weighted by Gasteiger charge is -2.07. The quantitative estimate of drug-likeness (QED) is 0.352. The highest BCUT2D eigenvalue weighted by Gasteiger charge is 2.21. The second kappa shape index (κ2) is 3.95. The van der Waals surface area contributed by atoms with E-state index in [0.717, 1.165) is 0 Å². The van der Waals surface area contributed by atoms with Gasteiger partial charge in [0.25, 0.3) is 0 Å². The normalized spacial score (nSPS) is 9.73. The minimum atomic E-state index is -0.612. The van der Waals surface area contributed by atoms with E-state index in [2.05, 4.69) is 0 Å². The summed E-state index contributed by atoms with van der Waals surface area (Å²) in [5, 5.41) is 10.6. The topological polar surface area (TPSA) is 95.5 Å². The van der Waals surface area contributed by atoms with E-state index >= 15 is 0 Å². The Balaban J connectivity index is 3.45. The summed E-state index contributed by atoms with van der Waals surface area (Å²) in [5.74, 6) is -0.339. The van der Waals surface area contributed by atoms with Gasteiger partial charge in [-0.3, -0.25) is 14.9 Å². The molecular formula is C9H10N2O4. The Morgan fingerprint density at radius 1 is 1.53 bits per heavy atom. The van der Waals surface area contributed by atoms with Crippen molar-refractivity contribution in [1.29, 1.82) is 0 Å². The number of nitro benzene ring substituents is 1. The second-order valence-electron chi connectivity index (χ2n) is 2.89. The molecule has 0 aliphatic rings. The molecule has 0 bridgehead atoms. The van der Waals surface area contributed by atoms with E-state index in [4.69, 9.17) is 10.5 Å². The molecule has 80 valence electrons. The summed E-state index contributed by atoms with van der Waals surface area (Å²) in [6, 6.07) is 2.52. The van der Waals surface area contributed by atoms with Gasteiger partial charge in [-0.05, 0) is 13.0 Å². The zero-order valence-corrected chi connectivity index (χ0v) is 8.31. The first-order valence-corrected chi connectivity index (χ1v) is 4.10. The van der Waals surface area contributed by atoms with Crippen LogP contribution in [0.5, 0.6) is 5.75 Å². The van der Waals surface area contributed by atoms with Crippen molar-refractivity contribution in [2.45, 2.75) is 6.92 Å². The molecule has 0 aliphatic carbocycles. The standard InChI is InChI=1S/C9H10N2O4/c1-5(12)6-3-4-7(11(13)14)9(15-2)8(6)10/h3-4H,10H2,1-2H3. The number of benzene rings is 1. The number of carbonyl (C=O) groups excluding carboxylic acids is 1. The minimum Gasteiger partial charge on any atom is -0.489 e. The maximum absolute atomic E-state index is 11.1. The number of hydrogen-bond donors (Lipinski definition) is 1. The smallest absolute Gasteiger partial charge is 0.313 e. The number of ketones is 1. The predicted molar refractivity (Wildman–Crippen MR) is 54.1 cm³/mol. The van der Waals surface area contributed by atoms with Crippen molar-refractivity contribution in [2.24, 2.45) is 0 Å². The Bertz CT molecular complexity index is 428. The lowest BCUT2D eigenvalue weighted by molar-refractivity contribution is -0.385. The molecule has 6 nitrogen and oxygen atoms in total. The number of methoxy groups -OCH3 is 1. The molecule has 0 unspecified atom stereocenters. The van der Waals surface area contributed by atoms with Gasteiger partial charge in [0, 0.05) is 11.6 Å². The Kier molecular flexibility index (Phi) is 2.89.